The fraction of sp³-hybridized carbons (Fsp3) is 0.438. The van der Waals surface area contributed by atoms with E-state index in [4.69, 9.17) is 10.5 Å². The zero-order valence-corrected chi connectivity index (χ0v) is 13.2. The number of hydrogen-bond acceptors (Lipinski definition) is 6. The first kappa shape index (κ1) is 15.5. The molecular formula is C16H21N5O2. The van der Waals surface area contributed by atoms with Gasteiger partial charge in [-0.2, -0.15) is 0 Å². The van der Waals surface area contributed by atoms with Crippen LogP contribution in [0.15, 0.2) is 24.4 Å². The number of amides is 1. The summed E-state index contributed by atoms with van der Waals surface area (Å²) in [4.78, 5) is 24.3. The highest BCUT2D eigenvalue weighted by molar-refractivity contribution is 5.79. The van der Waals surface area contributed by atoms with Crippen molar-refractivity contribution in [1.82, 2.24) is 19.8 Å². The Hall–Kier alpha value is -2.41. The number of rotatable bonds is 3. The zero-order valence-electron chi connectivity index (χ0n) is 13.2. The van der Waals surface area contributed by atoms with E-state index < -0.39 is 0 Å². The minimum atomic E-state index is -0.221. The van der Waals surface area contributed by atoms with Crippen LogP contribution in [0.2, 0.25) is 0 Å². The number of carbonyl (C=O) groups is 1. The molecule has 0 bridgehead atoms. The van der Waals surface area contributed by atoms with Crippen molar-refractivity contribution in [2.24, 2.45) is 0 Å². The van der Waals surface area contributed by atoms with Gasteiger partial charge in [0, 0.05) is 44.3 Å². The van der Waals surface area contributed by atoms with Crippen LogP contribution in [0, 0.1) is 0 Å². The van der Waals surface area contributed by atoms with Gasteiger partial charge >= 0.3 is 6.09 Å². The van der Waals surface area contributed by atoms with Crippen molar-refractivity contribution >= 4 is 22.9 Å². The third-order valence-corrected chi connectivity index (χ3v) is 4.01. The van der Waals surface area contributed by atoms with Gasteiger partial charge in [-0.25, -0.2) is 14.8 Å². The monoisotopic (exact) mass is 315 g/mol. The molecule has 0 radical (unpaired) electrons. The first-order chi connectivity index (χ1) is 11.2. The molecule has 1 saturated heterocycles. The van der Waals surface area contributed by atoms with E-state index in [1.54, 1.807) is 17.2 Å². The normalized spacial score (nSPS) is 15.8. The number of aromatic nitrogens is 2. The summed E-state index contributed by atoms with van der Waals surface area (Å²) in [6.45, 7) is 6.07. The average Bonchev–Trinajstić information content (AvgIpc) is 2.55. The van der Waals surface area contributed by atoms with Gasteiger partial charge in [-0.3, -0.25) is 4.90 Å². The van der Waals surface area contributed by atoms with Gasteiger partial charge in [-0.05, 0) is 30.7 Å². The summed E-state index contributed by atoms with van der Waals surface area (Å²) in [6.07, 6.45) is 1.54. The molecule has 122 valence electrons. The van der Waals surface area contributed by atoms with Gasteiger partial charge in [0.15, 0.2) is 5.65 Å². The average molecular weight is 315 g/mol. The molecular weight excluding hydrogens is 294 g/mol. The molecule has 2 aromatic rings. The molecule has 1 fully saturated rings. The molecule has 0 atom stereocenters. The van der Waals surface area contributed by atoms with E-state index in [1.807, 2.05) is 19.1 Å². The zero-order chi connectivity index (χ0) is 16.2. The molecule has 1 amide bonds. The van der Waals surface area contributed by atoms with Crippen molar-refractivity contribution in [1.29, 1.82) is 0 Å². The number of nitrogens with zero attached hydrogens (tertiary/aromatic N) is 4. The lowest BCUT2D eigenvalue weighted by atomic mass is 10.1. The molecule has 1 aliphatic heterocycles. The fourth-order valence-corrected chi connectivity index (χ4v) is 2.78. The Morgan fingerprint density at radius 3 is 2.78 bits per heavy atom. The maximum absolute atomic E-state index is 11.7. The summed E-state index contributed by atoms with van der Waals surface area (Å²) in [5.41, 5.74) is 7.56. The molecule has 3 rings (SSSR count). The Morgan fingerprint density at radius 2 is 2.04 bits per heavy atom. The fourth-order valence-electron chi connectivity index (χ4n) is 2.78. The van der Waals surface area contributed by atoms with Crippen molar-refractivity contribution in [2.75, 3.05) is 38.5 Å². The maximum Gasteiger partial charge on any atom is 0.409 e. The SMILES string of the molecule is CCOC(=O)N1CCN(Cc2ccnc3nc(N)ccc23)CC1. The van der Waals surface area contributed by atoms with Crippen LogP contribution in [0.25, 0.3) is 11.0 Å². The smallest absolute Gasteiger partial charge is 0.409 e. The lowest BCUT2D eigenvalue weighted by molar-refractivity contribution is 0.0779. The van der Waals surface area contributed by atoms with Crippen LogP contribution in [-0.2, 0) is 11.3 Å². The quantitative estimate of drug-likeness (QED) is 0.923. The van der Waals surface area contributed by atoms with E-state index >= 15 is 0 Å². The van der Waals surface area contributed by atoms with E-state index in [-0.39, 0.29) is 6.09 Å². The number of nitrogen functional groups attached to an aromatic ring is 1. The Labute approximate surface area is 135 Å². The number of piperazine rings is 1. The molecule has 0 unspecified atom stereocenters. The largest absolute Gasteiger partial charge is 0.450 e. The molecule has 3 heterocycles. The van der Waals surface area contributed by atoms with Gasteiger partial charge in [-0.15, -0.1) is 0 Å². The van der Waals surface area contributed by atoms with Crippen LogP contribution in [0.1, 0.15) is 12.5 Å². The van der Waals surface area contributed by atoms with Crippen LogP contribution < -0.4 is 5.73 Å². The van der Waals surface area contributed by atoms with Crippen molar-refractivity contribution < 1.29 is 9.53 Å². The van der Waals surface area contributed by atoms with E-state index in [0.717, 1.165) is 25.0 Å². The first-order valence-corrected chi connectivity index (χ1v) is 7.81. The Balaban J connectivity index is 1.66. The van der Waals surface area contributed by atoms with Gasteiger partial charge in [0.2, 0.25) is 0 Å². The molecule has 23 heavy (non-hydrogen) atoms. The summed E-state index contributed by atoms with van der Waals surface area (Å²) in [5, 5.41) is 1.02. The second-order valence-electron chi connectivity index (χ2n) is 5.54. The summed E-state index contributed by atoms with van der Waals surface area (Å²) < 4.78 is 5.04. The van der Waals surface area contributed by atoms with E-state index in [1.165, 1.54) is 5.56 Å². The summed E-state index contributed by atoms with van der Waals surface area (Å²) in [5.74, 6) is 0.477. The standard InChI is InChI=1S/C16H21N5O2/c1-2-23-16(22)21-9-7-20(8-10-21)11-12-5-6-18-15-13(12)3-4-14(17)19-15/h3-6H,2,7-11H2,1H3,(H2,17,18,19). The molecule has 1 aliphatic rings. The Kier molecular flexibility index (Phi) is 4.57. The van der Waals surface area contributed by atoms with Gasteiger partial charge in [0.05, 0.1) is 6.61 Å². The molecule has 0 aromatic carbocycles. The number of hydrogen-bond donors (Lipinski definition) is 1. The predicted octanol–water partition coefficient (Wildman–Crippen LogP) is 1.49. The number of fused-ring (bicyclic) bond motifs is 1. The number of anilines is 1. The summed E-state index contributed by atoms with van der Waals surface area (Å²) >= 11 is 0. The van der Waals surface area contributed by atoms with Gasteiger partial charge in [0.25, 0.3) is 0 Å². The topological polar surface area (TPSA) is 84.6 Å². The predicted molar refractivity (Wildman–Crippen MR) is 87.8 cm³/mol. The van der Waals surface area contributed by atoms with Gasteiger partial charge in [-0.1, -0.05) is 0 Å². The molecule has 0 spiro atoms. The van der Waals surface area contributed by atoms with Crippen molar-refractivity contribution in [3.05, 3.63) is 30.0 Å². The third-order valence-electron chi connectivity index (χ3n) is 4.01. The van der Waals surface area contributed by atoms with Crippen molar-refractivity contribution in [2.45, 2.75) is 13.5 Å². The lowest BCUT2D eigenvalue weighted by Gasteiger charge is -2.34. The van der Waals surface area contributed by atoms with Crippen molar-refractivity contribution in [3.8, 4) is 0 Å². The number of pyridine rings is 2. The van der Waals surface area contributed by atoms with Crippen LogP contribution in [0.3, 0.4) is 0 Å². The molecule has 0 aliphatic carbocycles. The van der Waals surface area contributed by atoms with Crippen LogP contribution in [-0.4, -0.2) is 58.6 Å². The molecule has 2 N–H and O–H groups in total. The Bertz CT molecular complexity index is 698. The van der Waals surface area contributed by atoms with Crippen LogP contribution >= 0.6 is 0 Å². The summed E-state index contributed by atoms with van der Waals surface area (Å²) in [6, 6.07) is 5.78. The van der Waals surface area contributed by atoms with Crippen LogP contribution in [0.4, 0.5) is 10.6 Å². The number of ether oxygens (including phenoxy) is 1. The lowest BCUT2D eigenvalue weighted by Crippen LogP contribution is -2.48. The highest BCUT2D eigenvalue weighted by Gasteiger charge is 2.22. The molecule has 2 aromatic heterocycles. The second-order valence-corrected chi connectivity index (χ2v) is 5.54. The molecule has 0 saturated carbocycles. The number of nitrogens with two attached hydrogens (primary N) is 1. The second kappa shape index (κ2) is 6.78. The van der Waals surface area contributed by atoms with Crippen molar-refractivity contribution in [3.63, 3.8) is 0 Å². The third kappa shape index (κ3) is 3.50. The molecule has 7 nitrogen and oxygen atoms in total. The maximum atomic E-state index is 11.7. The van der Waals surface area contributed by atoms with E-state index in [9.17, 15) is 4.79 Å². The van der Waals surface area contributed by atoms with Gasteiger partial charge in [0.1, 0.15) is 5.82 Å². The highest BCUT2D eigenvalue weighted by atomic mass is 16.6. The minimum absolute atomic E-state index is 0.221. The number of carbonyl (C=O) groups excluding carboxylic acids is 1. The highest BCUT2D eigenvalue weighted by Crippen LogP contribution is 2.19. The minimum Gasteiger partial charge on any atom is -0.450 e. The molecule has 7 heteroatoms. The first-order valence-electron chi connectivity index (χ1n) is 7.81. The van der Waals surface area contributed by atoms with E-state index in [2.05, 4.69) is 14.9 Å². The summed E-state index contributed by atoms with van der Waals surface area (Å²) in [7, 11) is 0. The van der Waals surface area contributed by atoms with Crippen LogP contribution in [0.5, 0.6) is 0 Å². The van der Waals surface area contributed by atoms with Gasteiger partial charge < -0.3 is 15.4 Å². The van der Waals surface area contributed by atoms with E-state index in [0.29, 0.717) is 31.2 Å². The Morgan fingerprint density at radius 1 is 1.26 bits per heavy atom.